The van der Waals surface area contributed by atoms with Crippen LogP contribution in [0.15, 0.2) is 6.20 Å². The molecule has 17 heavy (non-hydrogen) atoms. The standard InChI is InChI=1S/C10H9ClF3NO2/c1-2-17-10(16)6-4-15-8(9(13)14)7(12)5(6)3-11/h4,9H,2-3H2,1H3. The molecule has 0 unspecified atom stereocenters. The molecule has 1 heterocycles. The first-order valence-corrected chi connectivity index (χ1v) is 5.24. The van der Waals surface area contributed by atoms with Crippen molar-refractivity contribution in [3.8, 4) is 0 Å². The summed E-state index contributed by atoms with van der Waals surface area (Å²) in [5.41, 5.74) is -1.58. The van der Waals surface area contributed by atoms with Crippen LogP contribution in [0.4, 0.5) is 13.2 Å². The lowest BCUT2D eigenvalue weighted by Crippen LogP contribution is -2.12. The summed E-state index contributed by atoms with van der Waals surface area (Å²) in [6.45, 7) is 1.65. The summed E-state index contributed by atoms with van der Waals surface area (Å²) in [6, 6.07) is 0. The molecule has 0 radical (unpaired) electrons. The summed E-state index contributed by atoms with van der Waals surface area (Å²) in [5, 5.41) is 0. The van der Waals surface area contributed by atoms with E-state index in [0.717, 1.165) is 6.20 Å². The quantitative estimate of drug-likeness (QED) is 0.622. The van der Waals surface area contributed by atoms with Crippen molar-refractivity contribution in [2.45, 2.75) is 19.2 Å². The van der Waals surface area contributed by atoms with E-state index in [1.54, 1.807) is 6.92 Å². The second-order valence-corrected chi connectivity index (χ2v) is 3.27. The van der Waals surface area contributed by atoms with Crippen molar-refractivity contribution < 1.29 is 22.7 Å². The van der Waals surface area contributed by atoms with Crippen molar-refractivity contribution >= 4 is 17.6 Å². The van der Waals surface area contributed by atoms with Crippen LogP contribution in [-0.2, 0) is 10.6 Å². The fourth-order valence-corrected chi connectivity index (χ4v) is 1.47. The average Bonchev–Trinajstić information content (AvgIpc) is 2.28. The molecule has 0 atom stereocenters. The van der Waals surface area contributed by atoms with Crippen molar-refractivity contribution in [2.24, 2.45) is 0 Å². The van der Waals surface area contributed by atoms with Gasteiger partial charge in [0.25, 0.3) is 6.43 Å². The monoisotopic (exact) mass is 267 g/mol. The van der Waals surface area contributed by atoms with Crippen LogP contribution in [0.25, 0.3) is 0 Å². The maximum absolute atomic E-state index is 13.6. The number of rotatable bonds is 4. The van der Waals surface area contributed by atoms with E-state index in [0.29, 0.717) is 0 Å². The second-order valence-electron chi connectivity index (χ2n) is 3.00. The smallest absolute Gasteiger partial charge is 0.340 e. The van der Waals surface area contributed by atoms with Crippen LogP contribution in [0, 0.1) is 5.82 Å². The van der Waals surface area contributed by atoms with Gasteiger partial charge in [-0.2, -0.15) is 0 Å². The summed E-state index contributed by atoms with van der Waals surface area (Å²) >= 11 is 5.44. The van der Waals surface area contributed by atoms with Gasteiger partial charge in [0.1, 0.15) is 5.69 Å². The number of aromatic nitrogens is 1. The Balaban J connectivity index is 3.25. The zero-order valence-corrected chi connectivity index (χ0v) is 9.60. The van der Waals surface area contributed by atoms with Gasteiger partial charge in [0.05, 0.1) is 18.1 Å². The van der Waals surface area contributed by atoms with Gasteiger partial charge in [-0.3, -0.25) is 4.98 Å². The van der Waals surface area contributed by atoms with Gasteiger partial charge >= 0.3 is 5.97 Å². The first-order valence-electron chi connectivity index (χ1n) is 4.71. The number of halogens is 4. The van der Waals surface area contributed by atoms with Crippen LogP contribution in [0.2, 0.25) is 0 Å². The van der Waals surface area contributed by atoms with E-state index < -0.39 is 29.8 Å². The van der Waals surface area contributed by atoms with Crippen LogP contribution in [0.5, 0.6) is 0 Å². The van der Waals surface area contributed by atoms with E-state index in [9.17, 15) is 18.0 Å². The molecule has 0 saturated carbocycles. The Morgan fingerprint density at radius 2 is 2.24 bits per heavy atom. The Kier molecular flexibility index (Phi) is 4.74. The van der Waals surface area contributed by atoms with Gasteiger partial charge in [0, 0.05) is 11.8 Å². The first-order chi connectivity index (χ1) is 8.02. The van der Waals surface area contributed by atoms with E-state index in [1.165, 1.54) is 0 Å². The van der Waals surface area contributed by atoms with Crippen LogP contribution >= 0.6 is 11.6 Å². The van der Waals surface area contributed by atoms with Crippen LogP contribution in [0.3, 0.4) is 0 Å². The predicted molar refractivity (Wildman–Crippen MR) is 54.7 cm³/mol. The Morgan fingerprint density at radius 1 is 1.59 bits per heavy atom. The van der Waals surface area contributed by atoms with Gasteiger partial charge in [-0.25, -0.2) is 18.0 Å². The SMILES string of the molecule is CCOC(=O)c1cnc(C(F)F)c(F)c1CCl. The molecule has 1 rings (SSSR count). The number of hydrogen-bond acceptors (Lipinski definition) is 3. The highest BCUT2D eigenvalue weighted by Crippen LogP contribution is 2.25. The normalized spacial score (nSPS) is 10.7. The van der Waals surface area contributed by atoms with Gasteiger partial charge in [0.2, 0.25) is 0 Å². The van der Waals surface area contributed by atoms with Crippen molar-refractivity contribution in [1.82, 2.24) is 4.98 Å². The third-order valence-electron chi connectivity index (χ3n) is 1.98. The van der Waals surface area contributed by atoms with E-state index in [-0.39, 0.29) is 17.7 Å². The molecule has 0 spiro atoms. The highest BCUT2D eigenvalue weighted by molar-refractivity contribution is 6.17. The topological polar surface area (TPSA) is 39.2 Å². The molecule has 0 saturated heterocycles. The number of pyridine rings is 1. The maximum atomic E-state index is 13.6. The lowest BCUT2D eigenvalue weighted by atomic mass is 10.1. The van der Waals surface area contributed by atoms with Crippen LogP contribution in [-0.4, -0.2) is 17.6 Å². The lowest BCUT2D eigenvalue weighted by Gasteiger charge is -2.09. The summed E-state index contributed by atoms with van der Waals surface area (Å²) in [5.74, 6) is -2.52. The van der Waals surface area contributed by atoms with Gasteiger partial charge in [-0.15, -0.1) is 11.6 Å². The molecule has 0 aliphatic heterocycles. The summed E-state index contributed by atoms with van der Waals surface area (Å²) in [7, 11) is 0. The molecule has 1 aromatic rings. The van der Waals surface area contributed by atoms with Gasteiger partial charge < -0.3 is 4.74 Å². The molecule has 94 valence electrons. The van der Waals surface area contributed by atoms with Crippen molar-refractivity contribution in [3.05, 3.63) is 28.8 Å². The molecule has 0 amide bonds. The molecule has 0 aliphatic rings. The molecule has 0 fully saturated rings. The first kappa shape index (κ1) is 13.8. The minimum atomic E-state index is -3.06. The number of nitrogens with zero attached hydrogens (tertiary/aromatic N) is 1. The summed E-state index contributed by atoms with van der Waals surface area (Å²) in [6.07, 6.45) is -2.21. The zero-order chi connectivity index (χ0) is 13.0. The summed E-state index contributed by atoms with van der Waals surface area (Å²) < 4.78 is 42.9. The highest BCUT2D eigenvalue weighted by Gasteiger charge is 2.23. The molecule has 0 N–H and O–H groups in total. The Morgan fingerprint density at radius 3 is 2.71 bits per heavy atom. The van der Waals surface area contributed by atoms with E-state index in [2.05, 4.69) is 9.72 Å². The fourth-order valence-electron chi connectivity index (χ4n) is 1.21. The minimum Gasteiger partial charge on any atom is -0.462 e. The number of alkyl halides is 3. The summed E-state index contributed by atoms with van der Waals surface area (Å²) in [4.78, 5) is 14.6. The molecule has 1 aromatic heterocycles. The third kappa shape index (κ3) is 2.88. The number of carbonyl (C=O) groups excluding carboxylic acids is 1. The Labute approximate surface area is 101 Å². The Bertz CT molecular complexity index is 426. The largest absolute Gasteiger partial charge is 0.462 e. The fraction of sp³-hybridized carbons (Fsp3) is 0.400. The van der Waals surface area contributed by atoms with E-state index in [1.807, 2.05) is 0 Å². The minimum absolute atomic E-state index is 0.0821. The van der Waals surface area contributed by atoms with Gasteiger partial charge in [0.15, 0.2) is 5.82 Å². The van der Waals surface area contributed by atoms with Crippen molar-refractivity contribution in [3.63, 3.8) is 0 Å². The Hall–Kier alpha value is -1.30. The zero-order valence-electron chi connectivity index (χ0n) is 8.84. The molecule has 0 aliphatic carbocycles. The third-order valence-corrected chi connectivity index (χ3v) is 2.25. The van der Waals surface area contributed by atoms with Crippen molar-refractivity contribution in [1.29, 1.82) is 0 Å². The number of hydrogen-bond donors (Lipinski definition) is 0. The van der Waals surface area contributed by atoms with Crippen LogP contribution < -0.4 is 0 Å². The number of esters is 1. The molecule has 0 bridgehead atoms. The molecular weight excluding hydrogens is 259 g/mol. The second kappa shape index (κ2) is 5.86. The highest BCUT2D eigenvalue weighted by atomic mass is 35.5. The van der Waals surface area contributed by atoms with Gasteiger partial charge in [-0.1, -0.05) is 0 Å². The van der Waals surface area contributed by atoms with Gasteiger partial charge in [-0.05, 0) is 6.92 Å². The molecular formula is C10H9ClF3NO2. The molecule has 0 aromatic carbocycles. The van der Waals surface area contributed by atoms with E-state index >= 15 is 0 Å². The predicted octanol–water partition coefficient (Wildman–Crippen LogP) is 3.07. The molecule has 7 heteroatoms. The van der Waals surface area contributed by atoms with E-state index in [4.69, 9.17) is 11.6 Å². The average molecular weight is 268 g/mol. The van der Waals surface area contributed by atoms with Crippen molar-refractivity contribution in [2.75, 3.05) is 6.61 Å². The van der Waals surface area contributed by atoms with Crippen LogP contribution in [0.1, 0.15) is 35.0 Å². The number of carbonyl (C=O) groups is 1. The number of ether oxygens (including phenoxy) is 1. The lowest BCUT2D eigenvalue weighted by molar-refractivity contribution is 0.0523. The maximum Gasteiger partial charge on any atom is 0.340 e. The molecule has 3 nitrogen and oxygen atoms in total.